The van der Waals surface area contributed by atoms with Gasteiger partial charge in [0.1, 0.15) is 17.5 Å². The van der Waals surface area contributed by atoms with Crippen molar-refractivity contribution in [2.75, 3.05) is 54.1 Å². The molecule has 2 heterocycles. The van der Waals surface area contributed by atoms with Crippen molar-refractivity contribution >= 4 is 46.3 Å². The molecular weight excluding hydrogens is 507 g/mol. The van der Waals surface area contributed by atoms with Gasteiger partial charge in [-0.2, -0.15) is 13.2 Å². The average Bonchev–Trinajstić information content (AvgIpc) is 2.82. The van der Waals surface area contributed by atoms with Gasteiger partial charge in [0.2, 0.25) is 0 Å². The molecule has 0 radical (unpaired) electrons. The second-order valence-electron chi connectivity index (χ2n) is 8.88. The SMILES string of the molecule is Cc1nc(Nc2ccc(C)c(NC(=O)Nc3ccc(Cl)c(C(F)(F)F)c3)c2)cc(N2CCN(C)CC2)n1. The van der Waals surface area contributed by atoms with Crippen molar-refractivity contribution in [1.29, 1.82) is 0 Å². The van der Waals surface area contributed by atoms with E-state index in [2.05, 4.69) is 42.8 Å². The number of carbonyl (C=O) groups excluding carboxylic acids is 1. The van der Waals surface area contributed by atoms with E-state index >= 15 is 0 Å². The van der Waals surface area contributed by atoms with E-state index in [1.54, 1.807) is 6.07 Å². The number of rotatable bonds is 5. The summed E-state index contributed by atoms with van der Waals surface area (Å²) in [5, 5.41) is 7.92. The molecule has 1 aliphatic heterocycles. The van der Waals surface area contributed by atoms with Crippen LogP contribution in [-0.4, -0.2) is 54.1 Å². The van der Waals surface area contributed by atoms with Crippen molar-refractivity contribution in [3.8, 4) is 0 Å². The molecule has 2 amide bonds. The number of likely N-dealkylation sites (N-methyl/N-ethyl adjacent to an activating group) is 1. The van der Waals surface area contributed by atoms with Crippen LogP contribution in [0.3, 0.4) is 0 Å². The van der Waals surface area contributed by atoms with E-state index in [1.165, 1.54) is 6.07 Å². The lowest BCUT2D eigenvalue weighted by molar-refractivity contribution is -0.137. The number of nitrogens with one attached hydrogen (secondary N) is 3. The van der Waals surface area contributed by atoms with E-state index in [0.717, 1.165) is 49.7 Å². The third-order valence-corrected chi connectivity index (χ3v) is 6.27. The van der Waals surface area contributed by atoms with Crippen molar-refractivity contribution in [3.05, 3.63) is 64.4 Å². The van der Waals surface area contributed by atoms with E-state index < -0.39 is 22.8 Å². The molecule has 0 bridgehead atoms. The highest BCUT2D eigenvalue weighted by Gasteiger charge is 2.33. The summed E-state index contributed by atoms with van der Waals surface area (Å²) in [6.45, 7) is 7.29. The summed E-state index contributed by atoms with van der Waals surface area (Å²) in [7, 11) is 2.09. The molecule has 3 N–H and O–H groups in total. The van der Waals surface area contributed by atoms with Crippen LogP contribution in [0.4, 0.5) is 46.7 Å². The Morgan fingerprint density at radius 1 is 0.946 bits per heavy atom. The van der Waals surface area contributed by atoms with E-state index in [1.807, 2.05) is 32.0 Å². The van der Waals surface area contributed by atoms with Gasteiger partial charge in [-0.15, -0.1) is 0 Å². The summed E-state index contributed by atoms with van der Waals surface area (Å²) in [5.74, 6) is 2.08. The van der Waals surface area contributed by atoms with E-state index in [9.17, 15) is 18.0 Å². The van der Waals surface area contributed by atoms with Crippen molar-refractivity contribution in [2.24, 2.45) is 0 Å². The molecule has 0 saturated carbocycles. The fourth-order valence-corrected chi connectivity index (χ4v) is 4.13. The number of piperazine rings is 1. The van der Waals surface area contributed by atoms with Crippen molar-refractivity contribution < 1.29 is 18.0 Å². The number of nitrogens with zero attached hydrogens (tertiary/aromatic N) is 4. The number of amides is 2. The molecule has 1 saturated heterocycles. The van der Waals surface area contributed by atoms with Crippen LogP contribution in [0.15, 0.2) is 42.5 Å². The lowest BCUT2D eigenvalue weighted by Crippen LogP contribution is -2.44. The molecular formula is C25H27ClF3N7O. The Morgan fingerprint density at radius 2 is 1.65 bits per heavy atom. The first-order chi connectivity index (χ1) is 17.5. The van der Waals surface area contributed by atoms with Gasteiger partial charge in [0, 0.05) is 49.3 Å². The van der Waals surface area contributed by atoms with Crippen LogP contribution in [0, 0.1) is 13.8 Å². The Kier molecular flexibility index (Phi) is 7.74. The number of carbonyl (C=O) groups is 1. The maximum absolute atomic E-state index is 13.1. The van der Waals surface area contributed by atoms with Crippen LogP contribution in [0.5, 0.6) is 0 Å². The Hall–Kier alpha value is -3.57. The van der Waals surface area contributed by atoms with E-state index in [4.69, 9.17) is 11.6 Å². The predicted molar refractivity (Wildman–Crippen MR) is 140 cm³/mol. The zero-order chi connectivity index (χ0) is 26.7. The molecule has 1 aromatic heterocycles. The van der Waals surface area contributed by atoms with E-state index in [-0.39, 0.29) is 5.69 Å². The summed E-state index contributed by atoms with van der Waals surface area (Å²) >= 11 is 5.65. The number of benzene rings is 2. The first kappa shape index (κ1) is 26.5. The zero-order valence-corrected chi connectivity index (χ0v) is 21.3. The third kappa shape index (κ3) is 6.80. The Labute approximate surface area is 217 Å². The molecule has 3 aromatic rings. The quantitative estimate of drug-likeness (QED) is 0.378. The molecule has 0 aliphatic carbocycles. The second kappa shape index (κ2) is 10.8. The minimum absolute atomic E-state index is 0.0333. The summed E-state index contributed by atoms with van der Waals surface area (Å²) in [5.41, 5.74) is 0.871. The fourth-order valence-electron chi connectivity index (χ4n) is 3.90. The van der Waals surface area contributed by atoms with Crippen LogP contribution in [-0.2, 0) is 6.18 Å². The van der Waals surface area contributed by atoms with E-state index in [0.29, 0.717) is 23.0 Å². The minimum atomic E-state index is -4.63. The van der Waals surface area contributed by atoms with Gasteiger partial charge in [0.05, 0.1) is 10.6 Å². The molecule has 1 fully saturated rings. The zero-order valence-electron chi connectivity index (χ0n) is 20.6. The molecule has 0 atom stereocenters. The number of aryl methyl sites for hydroxylation is 2. The van der Waals surface area contributed by atoms with Crippen LogP contribution in [0.2, 0.25) is 5.02 Å². The Balaban J connectivity index is 1.47. The topological polar surface area (TPSA) is 85.4 Å². The standard InChI is InChI=1S/C25H27ClF3N7O/c1-15-4-5-18(32-22-14-23(31-16(2)30-22)36-10-8-35(3)9-11-36)13-21(15)34-24(37)33-17-6-7-20(26)19(12-17)25(27,28)29/h4-7,12-14H,8-11H2,1-3H3,(H,30,31,32)(H2,33,34,37). The first-order valence-electron chi connectivity index (χ1n) is 11.6. The number of anilines is 5. The summed E-state index contributed by atoms with van der Waals surface area (Å²) in [6.07, 6.45) is -4.63. The smallest absolute Gasteiger partial charge is 0.354 e. The molecule has 8 nitrogen and oxygen atoms in total. The molecule has 196 valence electrons. The molecule has 0 unspecified atom stereocenters. The number of hydrogen-bond acceptors (Lipinski definition) is 6. The lowest BCUT2D eigenvalue weighted by Gasteiger charge is -2.33. The number of alkyl halides is 3. The fraction of sp³-hybridized carbons (Fsp3) is 0.320. The van der Waals surface area contributed by atoms with Gasteiger partial charge in [-0.25, -0.2) is 14.8 Å². The molecule has 12 heteroatoms. The molecule has 2 aromatic carbocycles. The van der Waals surface area contributed by atoms with Gasteiger partial charge in [-0.3, -0.25) is 0 Å². The van der Waals surface area contributed by atoms with Gasteiger partial charge in [-0.05, 0) is 56.8 Å². The summed E-state index contributed by atoms with van der Waals surface area (Å²) < 4.78 is 39.4. The Morgan fingerprint density at radius 3 is 2.35 bits per heavy atom. The highest BCUT2D eigenvalue weighted by molar-refractivity contribution is 6.31. The monoisotopic (exact) mass is 533 g/mol. The maximum Gasteiger partial charge on any atom is 0.417 e. The van der Waals surface area contributed by atoms with Crippen molar-refractivity contribution in [2.45, 2.75) is 20.0 Å². The normalized spacial score (nSPS) is 14.4. The number of urea groups is 1. The average molecular weight is 534 g/mol. The predicted octanol–water partition coefficient (Wildman–Crippen LogP) is 5.91. The van der Waals surface area contributed by atoms with Gasteiger partial charge in [0.25, 0.3) is 0 Å². The highest BCUT2D eigenvalue weighted by atomic mass is 35.5. The van der Waals surface area contributed by atoms with Gasteiger partial charge in [-0.1, -0.05) is 17.7 Å². The number of halogens is 4. The van der Waals surface area contributed by atoms with Crippen LogP contribution < -0.4 is 20.9 Å². The second-order valence-corrected chi connectivity index (χ2v) is 9.28. The number of hydrogen-bond donors (Lipinski definition) is 3. The van der Waals surface area contributed by atoms with Crippen LogP contribution >= 0.6 is 11.6 Å². The molecule has 37 heavy (non-hydrogen) atoms. The maximum atomic E-state index is 13.1. The summed E-state index contributed by atoms with van der Waals surface area (Å²) in [4.78, 5) is 26.1. The summed E-state index contributed by atoms with van der Waals surface area (Å²) in [6, 6.07) is 9.78. The Bertz CT molecular complexity index is 1290. The largest absolute Gasteiger partial charge is 0.417 e. The molecule has 4 rings (SSSR count). The minimum Gasteiger partial charge on any atom is -0.354 e. The van der Waals surface area contributed by atoms with Gasteiger partial charge in [0.15, 0.2) is 0 Å². The number of aromatic nitrogens is 2. The first-order valence-corrected chi connectivity index (χ1v) is 12.0. The van der Waals surface area contributed by atoms with Crippen molar-refractivity contribution in [1.82, 2.24) is 14.9 Å². The highest BCUT2D eigenvalue weighted by Crippen LogP contribution is 2.36. The molecule has 0 spiro atoms. The lowest BCUT2D eigenvalue weighted by atomic mass is 10.1. The van der Waals surface area contributed by atoms with Crippen LogP contribution in [0.25, 0.3) is 0 Å². The van der Waals surface area contributed by atoms with Crippen LogP contribution in [0.1, 0.15) is 17.0 Å². The third-order valence-electron chi connectivity index (χ3n) is 5.94. The van der Waals surface area contributed by atoms with Crippen molar-refractivity contribution in [3.63, 3.8) is 0 Å². The van der Waals surface area contributed by atoms with Gasteiger partial charge < -0.3 is 25.8 Å². The van der Waals surface area contributed by atoms with Gasteiger partial charge >= 0.3 is 12.2 Å². The molecule has 1 aliphatic rings.